The first kappa shape index (κ1) is 13.2. The van der Waals surface area contributed by atoms with E-state index in [4.69, 9.17) is 8.94 Å². The predicted molar refractivity (Wildman–Crippen MR) is 84.7 cm³/mol. The van der Waals surface area contributed by atoms with Gasteiger partial charge in [0, 0.05) is 12.0 Å². The molecule has 110 valence electrons. The SMILES string of the molecule is CCc1nc2cc(-c3noc(-c4sccc4C)n3)ccc2o1. The number of rotatable bonds is 3. The minimum Gasteiger partial charge on any atom is -0.441 e. The van der Waals surface area contributed by atoms with Crippen molar-refractivity contribution in [2.45, 2.75) is 20.3 Å². The molecule has 0 bridgehead atoms. The summed E-state index contributed by atoms with van der Waals surface area (Å²) in [6, 6.07) is 7.78. The Labute approximate surface area is 130 Å². The summed E-state index contributed by atoms with van der Waals surface area (Å²) in [5.41, 5.74) is 3.60. The molecule has 0 saturated carbocycles. The summed E-state index contributed by atoms with van der Waals surface area (Å²) in [5, 5.41) is 6.10. The van der Waals surface area contributed by atoms with Crippen LogP contribution in [0.5, 0.6) is 0 Å². The Bertz CT molecular complexity index is 951. The second-order valence-electron chi connectivity index (χ2n) is 5.00. The van der Waals surface area contributed by atoms with Crippen molar-refractivity contribution in [3.8, 4) is 22.2 Å². The lowest BCUT2D eigenvalue weighted by molar-refractivity contribution is 0.433. The van der Waals surface area contributed by atoms with Gasteiger partial charge in [0.15, 0.2) is 11.5 Å². The Morgan fingerprint density at radius 1 is 1.18 bits per heavy atom. The van der Waals surface area contributed by atoms with Crippen LogP contribution in [0.25, 0.3) is 33.3 Å². The lowest BCUT2D eigenvalue weighted by atomic mass is 10.2. The lowest BCUT2D eigenvalue weighted by Gasteiger charge is -1.93. The second-order valence-corrected chi connectivity index (χ2v) is 5.92. The molecule has 0 aliphatic rings. The molecule has 0 saturated heterocycles. The number of aryl methyl sites for hydroxylation is 2. The molecule has 0 unspecified atom stereocenters. The first-order chi connectivity index (χ1) is 10.7. The maximum Gasteiger partial charge on any atom is 0.268 e. The van der Waals surface area contributed by atoms with Gasteiger partial charge < -0.3 is 8.94 Å². The molecule has 0 radical (unpaired) electrons. The second kappa shape index (κ2) is 5.06. The fourth-order valence-electron chi connectivity index (χ4n) is 2.29. The number of benzene rings is 1. The normalized spacial score (nSPS) is 11.4. The van der Waals surface area contributed by atoms with Crippen LogP contribution < -0.4 is 0 Å². The molecule has 0 aliphatic carbocycles. The zero-order chi connectivity index (χ0) is 15.1. The van der Waals surface area contributed by atoms with E-state index < -0.39 is 0 Å². The smallest absolute Gasteiger partial charge is 0.268 e. The average Bonchev–Trinajstić information content (AvgIpc) is 3.24. The highest BCUT2D eigenvalue weighted by Crippen LogP contribution is 2.30. The van der Waals surface area contributed by atoms with Gasteiger partial charge in [0.25, 0.3) is 5.89 Å². The molecule has 1 aromatic carbocycles. The van der Waals surface area contributed by atoms with Crippen molar-refractivity contribution in [2.24, 2.45) is 0 Å². The quantitative estimate of drug-likeness (QED) is 0.558. The van der Waals surface area contributed by atoms with Crippen LogP contribution in [0.2, 0.25) is 0 Å². The maximum atomic E-state index is 5.61. The number of fused-ring (bicyclic) bond motifs is 1. The molecule has 6 heteroatoms. The van der Waals surface area contributed by atoms with Gasteiger partial charge in [0.1, 0.15) is 5.52 Å². The zero-order valence-electron chi connectivity index (χ0n) is 12.2. The molecule has 0 aliphatic heterocycles. The highest BCUT2D eigenvalue weighted by atomic mass is 32.1. The van der Waals surface area contributed by atoms with E-state index in [0.717, 1.165) is 39.4 Å². The van der Waals surface area contributed by atoms with Gasteiger partial charge in [-0.3, -0.25) is 0 Å². The van der Waals surface area contributed by atoms with E-state index in [1.54, 1.807) is 11.3 Å². The summed E-state index contributed by atoms with van der Waals surface area (Å²) in [5.74, 6) is 1.85. The summed E-state index contributed by atoms with van der Waals surface area (Å²) in [7, 11) is 0. The Kier molecular flexibility index (Phi) is 3.04. The summed E-state index contributed by atoms with van der Waals surface area (Å²) in [6.45, 7) is 4.05. The lowest BCUT2D eigenvalue weighted by Crippen LogP contribution is -1.81. The standard InChI is InChI=1S/C16H13N3O2S/c1-3-13-17-11-8-10(4-5-12(11)20-13)15-18-16(21-19-15)14-9(2)6-7-22-14/h4-8H,3H2,1-2H3. The highest BCUT2D eigenvalue weighted by Gasteiger charge is 2.15. The van der Waals surface area contributed by atoms with Gasteiger partial charge in [-0.05, 0) is 42.1 Å². The first-order valence-electron chi connectivity index (χ1n) is 7.02. The summed E-state index contributed by atoms with van der Waals surface area (Å²) >= 11 is 1.60. The average molecular weight is 311 g/mol. The molecule has 4 aromatic rings. The zero-order valence-corrected chi connectivity index (χ0v) is 13.0. The Balaban J connectivity index is 1.75. The van der Waals surface area contributed by atoms with Gasteiger partial charge in [-0.25, -0.2) is 4.98 Å². The van der Waals surface area contributed by atoms with E-state index >= 15 is 0 Å². The molecule has 0 amide bonds. The minimum absolute atomic E-state index is 0.553. The van der Waals surface area contributed by atoms with Gasteiger partial charge in [-0.2, -0.15) is 4.98 Å². The van der Waals surface area contributed by atoms with E-state index in [1.807, 2.05) is 43.5 Å². The van der Waals surface area contributed by atoms with Crippen molar-refractivity contribution in [1.82, 2.24) is 15.1 Å². The Hall–Kier alpha value is -2.47. The predicted octanol–water partition coefficient (Wildman–Crippen LogP) is 4.48. The van der Waals surface area contributed by atoms with Crippen LogP contribution in [-0.4, -0.2) is 15.1 Å². The largest absolute Gasteiger partial charge is 0.441 e. The molecule has 0 atom stereocenters. The third-order valence-corrected chi connectivity index (χ3v) is 4.48. The molecule has 0 spiro atoms. The Morgan fingerprint density at radius 2 is 2.09 bits per heavy atom. The fourth-order valence-corrected chi connectivity index (χ4v) is 3.14. The van der Waals surface area contributed by atoms with Crippen LogP contribution in [0.4, 0.5) is 0 Å². The molecule has 22 heavy (non-hydrogen) atoms. The van der Waals surface area contributed by atoms with Crippen molar-refractivity contribution in [3.05, 3.63) is 41.1 Å². The third-order valence-electron chi connectivity index (χ3n) is 3.47. The maximum absolute atomic E-state index is 5.61. The first-order valence-corrected chi connectivity index (χ1v) is 7.90. The summed E-state index contributed by atoms with van der Waals surface area (Å²) in [6.07, 6.45) is 0.772. The molecular weight excluding hydrogens is 298 g/mol. The summed E-state index contributed by atoms with van der Waals surface area (Å²) < 4.78 is 11.0. The Morgan fingerprint density at radius 3 is 2.86 bits per heavy atom. The van der Waals surface area contributed by atoms with Crippen molar-refractivity contribution < 1.29 is 8.94 Å². The van der Waals surface area contributed by atoms with E-state index in [0.29, 0.717) is 11.7 Å². The number of aromatic nitrogens is 3. The van der Waals surface area contributed by atoms with Crippen molar-refractivity contribution in [2.75, 3.05) is 0 Å². The number of nitrogens with zero attached hydrogens (tertiary/aromatic N) is 3. The molecule has 0 N–H and O–H groups in total. The topological polar surface area (TPSA) is 65.0 Å². The van der Waals surface area contributed by atoms with E-state index in [2.05, 4.69) is 15.1 Å². The molecule has 3 heterocycles. The number of oxazole rings is 1. The third kappa shape index (κ3) is 2.12. The fraction of sp³-hybridized carbons (Fsp3) is 0.188. The molecule has 3 aromatic heterocycles. The number of hydrogen-bond acceptors (Lipinski definition) is 6. The van der Waals surface area contributed by atoms with Crippen LogP contribution in [0.15, 0.2) is 38.6 Å². The van der Waals surface area contributed by atoms with Crippen LogP contribution >= 0.6 is 11.3 Å². The van der Waals surface area contributed by atoms with E-state index in [-0.39, 0.29) is 0 Å². The molecule has 4 rings (SSSR count). The van der Waals surface area contributed by atoms with Gasteiger partial charge in [-0.15, -0.1) is 11.3 Å². The monoisotopic (exact) mass is 311 g/mol. The van der Waals surface area contributed by atoms with E-state index in [9.17, 15) is 0 Å². The van der Waals surface area contributed by atoms with Gasteiger partial charge >= 0.3 is 0 Å². The van der Waals surface area contributed by atoms with E-state index in [1.165, 1.54) is 0 Å². The van der Waals surface area contributed by atoms with Crippen molar-refractivity contribution >= 4 is 22.4 Å². The molecular formula is C16H13N3O2S. The number of hydrogen-bond donors (Lipinski definition) is 0. The molecule has 5 nitrogen and oxygen atoms in total. The van der Waals surface area contributed by atoms with Crippen LogP contribution in [0.1, 0.15) is 18.4 Å². The minimum atomic E-state index is 0.553. The van der Waals surface area contributed by atoms with Crippen molar-refractivity contribution in [1.29, 1.82) is 0 Å². The van der Waals surface area contributed by atoms with Gasteiger partial charge in [0.2, 0.25) is 5.82 Å². The highest BCUT2D eigenvalue weighted by molar-refractivity contribution is 7.13. The van der Waals surface area contributed by atoms with Gasteiger partial charge in [-0.1, -0.05) is 12.1 Å². The van der Waals surface area contributed by atoms with Crippen LogP contribution in [0, 0.1) is 6.92 Å². The van der Waals surface area contributed by atoms with Crippen LogP contribution in [0.3, 0.4) is 0 Å². The van der Waals surface area contributed by atoms with Gasteiger partial charge in [0.05, 0.1) is 4.88 Å². The summed E-state index contributed by atoms with van der Waals surface area (Å²) in [4.78, 5) is 9.94. The van der Waals surface area contributed by atoms with Crippen LogP contribution in [-0.2, 0) is 6.42 Å². The van der Waals surface area contributed by atoms with Crippen molar-refractivity contribution in [3.63, 3.8) is 0 Å². The number of thiophene rings is 1. The molecule has 0 fully saturated rings.